The Kier molecular flexibility index (Phi) is 8.21. The first-order valence-corrected chi connectivity index (χ1v) is 13.3. The highest BCUT2D eigenvalue weighted by Crippen LogP contribution is 2.28. The number of nitrogens with zero attached hydrogens (tertiary/aromatic N) is 4. The van der Waals surface area contributed by atoms with Crippen LogP contribution >= 0.6 is 0 Å². The third kappa shape index (κ3) is 6.29. The molecule has 0 fully saturated rings. The summed E-state index contributed by atoms with van der Waals surface area (Å²) in [6, 6.07) is 22.8. The normalized spacial score (nSPS) is 11.0. The number of esters is 1. The first-order valence-electron chi connectivity index (χ1n) is 13.3. The van der Waals surface area contributed by atoms with Gasteiger partial charge < -0.3 is 13.8 Å². The van der Waals surface area contributed by atoms with Gasteiger partial charge in [0.1, 0.15) is 0 Å². The minimum absolute atomic E-state index is 0.309. The number of unbranched alkanes of at least 4 members (excludes halogenated alkanes) is 2. The van der Waals surface area contributed by atoms with E-state index in [4.69, 9.17) is 13.8 Å². The highest BCUT2D eigenvalue weighted by molar-refractivity contribution is 5.90. The van der Waals surface area contributed by atoms with Gasteiger partial charge in [0.15, 0.2) is 0 Å². The molecule has 0 atom stereocenters. The Morgan fingerprint density at radius 1 is 0.718 bits per heavy atom. The molecule has 0 saturated heterocycles. The van der Waals surface area contributed by atoms with Crippen LogP contribution in [0.3, 0.4) is 0 Å². The molecule has 0 N–H and O–H groups in total. The first kappa shape index (κ1) is 26.0. The molecule has 2 heterocycles. The lowest BCUT2D eigenvalue weighted by Crippen LogP contribution is -2.06. The maximum absolute atomic E-state index is 12.3. The van der Waals surface area contributed by atoms with E-state index in [1.54, 1.807) is 18.2 Å². The topological polar surface area (TPSA) is 104 Å². The molecule has 39 heavy (non-hydrogen) atoms. The Labute approximate surface area is 227 Å². The van der Waals surface area contributed by atoms with E-state index < -0.39 is 0 Å². The average molecular weight is 523 g/mol. The van der Waals surface area contributed by atoms with Crippen molar-refractivity contribution in [2.24, 2.45) is 0 Å². The third-order valence-electron chi connectivity index (χ3n) is 6.30. The molecule has 0 aliphatic heterocycles. The van der Waals surface area contributed by atoms with Crippen molar-refractivity contribution in [1.29, 1.82) is 0 Å². The van der Waals surface area contributed by atoms with Crippen LogP contribution < -0.4 is 0 Å². The zero-order chi connectivity index (χ0) is 27.0. The zero-order valence-corrected chi connectivity index (χ0v) is 22.1. The van der Waals surface area contributed by atoms with Crippen molar-refractivity contribution < 1.29 is 18.6 Å². The Bertz CT molecular complexity index is 1560. The van der Waals surface area contributed by atoms with E-state index in [9.17, 15) is 4.79 Å². The number of aromatic nitrogens is 4. The van der Waals surface area contributed by atoms with Crippen molar-refractivity contribution >= 4 is 5.97 Å². The van der Waals surface area contributed by atoms with Crippen molar-refractivity contribution in [3.63, 3.8) is 0 Å². The van der Waals surface area contributed by atoms with Crippen LogP contribution in [0.5, 0.6) is 0 Å². The molecule has 0 unspecified atom stereocenters. The minimum Gasteiger partial charge on any atom is -0.462 e. The molecule has 0 aliphatic rings. The zero-order valence-electron chi connectivity index (χ0n) is 22.1. The van der Waals surface area contributed by atoms with Crippen molar-refractivity contribution in [1.82, 2.24) is 20.3 Å². The van der Waals surface area contributed by atoms with E-state index >= 15 is 0 Å². The van der Waals surface area contributed by atoms with Crippen LogP contribution in [0.1, 0.15) is 55.5 Å². The molecule has 8 heteroatoms. The van der Waals surface area contributed by atoms with Crippen LogP contribution in [-0.4, -0.2) is 32.9 Å². The number of benzene rings is 3. The van der Waals surface area contributed by atoms with Crippen molar-refractivity contribution in [3.8, 4) is 45.7 Å². The molecule has 0 amide bonds. The summed E-state index contributed by atoms with van der Waals surface area (Å²) in [6.45, 7) is 4.63. The largest absolute Gasteiger partial charge is 0.462 e. The molecular formula is C31H30N4O4. The van der Waals surface area contributed by atoms with Crippen molar-refractivity contribution in [3.05, 3.63) is 83.9 Å². The summed E-state index contributed by atoms with van der Waals surface area (Å²) in [5.41, 5.74) is 4.74. The number of rotatable bonds is 11. The maximum Gasteiger partial charge on any atom is 0.338 e. The SMILES string of the molecule is CCCCOC(=O)c1cccc(-c2nc(-c3cccc(-c4noc(-c5cccc(CCCC)c5)n4)c3)no2)c1. The highest BCUT2D eigenvalue weighted by Gasteiger charge is 2.16. The molecule has 0 radical (unpaired) electrons. The Balaban J connectivity index is 1.34. The first-order chi connectivity index (χ1) is 19.1. The summed E-state index contributed by atoms with van der Waals surface area (Å²) < 4.78 is 16.4. The predicted octanol–water partition coefficient (Wildman–Crippen LogP) is 7.42. The summed E-state index contributed by atoms with van der Waals surface area (Å²) in [5, 5.41) is 8.35. The van der Waals surface area contributed by atoms with Gasteiger partial charge in [-0.1, -0.05) is 73.4 Å². The molecule has 5 aromatic rings. The van der Waals surface area contributed by atoms with Crippen LogP contribution in [0.2, 0.25) is 0 Å². The van der Waals surface area contributed by atoms with Gasteiger partial charge in [0.05, 0.1) is 12.2 Å². The molecular weight excluding hydrogens is 492 g/mol. The van der Waals surface area contributed by atoms with E-state index in [-0.39, 0.29) is 5.97 Å². The molecule has 8 nitrogen and oxygen atoms in total. The van der Waals surface area contributed by atoms with Gasteiger partial charge in [0.25, 0.3) is 11.8 Å². The number of ether oxygens (including phenoxy) is 1. The summed E-state index contributed by atoms with van der Waals surface area (Å²) in [4.78, 5) is 21.5. The van der Waals surface area contributed by atoms with Gasteiger partial charge in [-0.2, -0.15) is 9.97 Å². The summed E-state index contributed by atoms with van der Waals surface area (Å²) in [5.74, 6) is 1.30. The van der Waals surface area contributed by atoms with Gasteiger partial charge in [-0.05, 0) is 61.2 Å². The number of aryl methyl sites for hydroxylation is 1. The van der Waals surface area contributed by atoms with Crippen LogP contribution in [0.25, 0.3) is 45.7 Å². The second kappa shape index (κ2) is 12.3. The van der Waals surface area contributed by atoms with E-state index in [0.29, 0.717) is 41.2 Å². The third-order valence-corrected chi connectivity index (χ3v) is 6.30. The van der Waals surface area contributed by atoms with Crippen LogP contribution in [0.4, 0.5) is 0 Å². The van der Waals surface area contributed by atoms with Gasteiger partial charge in [-0.3, -0.25) is 0 Å². The van der Waals surface area contributed by atoms with Gasteiger partial charge in [0, 0.05) is 22.3 Å². The van der Waals surface area contributed by atoms with Crippen LogP contribution in [0, 0.1) is 0 Å². The minimum atomic E-state index is -0.370. The summed E-state index contributed by atoms with van der Waals surface area (Å²) in [7, 11) is 0. The standard InChI is InChI=1S/C31H30N4O4/c1-3-5-10-21-11-7-14-24(18-21)29-32-27(34-38-29)22-12-8-13-23(19-22)28-33-30(39-35-28)25-15-9-16-26(20-25)31(36)37-17-6-4-2/h7-9,11-16,18-20H,3-6,10,17H2,1-2H3. The number of hydrogen-bond acceptors (Lipinski definition) is 8. The smallest absolute Gasteiger partial charge is 0.338 e. The fourth-order valence-electron chi connectivity index (χ4n) is 4.13. The number of carbonyl (C=O) groups excluding carboxylic acids is 1. The lowest BCUT2D eigenvalue weighted by molar-refractivity contribution is 0.0500. The number of carbonyl (C=O) groups is 1. The molecule has 5 rings (SSSR count). The van der Waals surface area contributed by atoms with Crippen LogP contribution in [-0.2, 0) is 11.2 Å². The Morgan fingerprint density at radius 3 is 1.97 bits per heavy atom. The molecule has 3 aromatic carbocycles. The van der Waals surface area contributed by atoms with Crippen molar-refractivity contribution in [2.45, 2.75) is 46.0 Å². The van der Waals surface area contributed by atoms with Gasteiger partial charge >= 0.3 is 5.97 Å². The van der Waals surface area contributed by atoms with E-state index in [2.05, 4.69) is 39.3 Å². The van der Waals surface area contributed by atoms with Gasteiger partial charge in [-0.15, -0.1) is 0 Å². The lowest BCUT2D eigenvalue weighted by Gasteiger charge is -2.04. The lowest BCUT2D eigenvalue weighted by atomic mass is 10.1. The Hall–Kier alpha value is -4.59. The quantitative estimate of drug-likeness (QED) is 0.130. The van der Waals surface area contributed by atoms with Gasteiger partial charge in [0.2, 0.25) is 11.6 Å². The van der Waals surface area contributed by atoms with E-state index in [0.717, 1.165) is 48.8 Å². The summed E-state index contributed by atoms with van der Waals surface area (Å²) >= 11 is 0. The maximum atomic E-state index is 12.3. The molecule has 0 spiro atoms. The van der Waals surface area contributed by atoms with E-state index in [1.807, 2.05) is 49.4 Å². The Morgan fingerprint density at radius 2 is 1.31 bits per heavy atom. The average Bonchev–Trinajstić information content (AvgIpc) is 3.68. The second-order valence-corrected chi connectivity index (χ2v) is 9.30. The summed E-state index contributed by atoms with van der Waals surface area (Å²) in [6.07, 6.45) is 5.09. The monoisotopic (exact) mass is 522 g/mol. The predicted molar refractivity (Wildman–Crippen MR) is 148 cm³/mol. The van der Waals surface area contributed by atoms with Gasteiger partial charge in [-0.25, -0.2) is 4.79 Å². The number of hydrogen-bond donors (Lipinski definition) is 0. The highest BCUT2D eigenvalue weighted by atomic mass is 16.5. The molecule has 0 bridgehead atoms. The molecule has 0 saturated carbocycles. The van der Waals surface area contributed by atoms with Crippen LogP contribution in [0.15, 0.2) is 81.8 Å². The molecule has 0 aliphatic carbocycles. The van der Waals surface area contributed by atoms with Crippen molar-refractivity contribution in [2.75, 3.05) is 6.61 Å². The molecule has 198 valence electrons. The molecule has 2 aromatic heterocycles. The fraction of sp³-hybridized carbons (Fsp3) is 0.258. The second-order valence-electron chi connectivity index (χ2n) is 9.30. The fourth-order valence-corrected chi connectivity index (χ4v) is 4.13. The van der Waals surface area contributed by atoms with E-state index in [1.165, 1.54) is 5.56 Å².